The van der Waals surface area contributed by atoms with Crippen LogP contribution in [0.5, 0.6) is 17.2 Å². The van der Waals surface area contributed by atoms with Crippen molar-refractivity contribution in [1.82, 2.24) is 15.6 Å². The van der Waals surface area contributed by atoms with Crippen molar-refractivity contribution < 1.29 is 23.8 Å². The van der Waals surface area contributed by atoms with Gasteiger partial charge in [-0.25, -0.2) is 4.98 Å². The molecule has 0 radical (unpaired) electrons. The van der Waals surface area contributed by atoms with E-state index in [4.69, 9.17) is 19.2 Å². The van der Waals surface area contributed by atoms with Crippen LogP contribution in [-0.4, -0.2) is 50.7 Å². The van der Waals surface area contributed by atoms with E-state index in [-0.39, 0.29) is 30.8 Å². The Hall–Kier alpha value is -3.81. The molecule has 0 bridgehead atoms. The molecule has 0 atom stereocenters. The number of pyridine rings is 1. The second kappa shape index (κ2) is 11.7. The molecule has 1 heterocycles. The molecule has 4 rings (SSSR count). The van der Waals surface area contributed by atoms with Crippen LogP contribution in [0, 0.1) is 0 Å². The normalized spacial score (nSPS) is 13.8. The molecule has 1 fully saturated rings. The molecule has 1 saturated carbocycles. The van der Waals surface area contributed by atoms with Crippen LogP contribution in [0.1, 0.15) is 48.9 Å². The average molecular weight is 492 g/mol. The summed E-state index contributed by atoms with van der Waals surface area (Å²) in [6.45, 7) is 0.257. The summed E-state index contributed by atoms with van der Waals surface area (Å²) in [4.78, 5) is 30.3. The number of para-hydroxylation sites is 1. The van der Waals surface area contributed by atoms with E-state index in [2.05, 4.69) is 10.6 Å². The van der Waals surface area contributed by atoms with Gasteiger partial charge in [0.15, 0.2) is 11.5 Å². The van der Waals surface area contributed by atoms with Gasteiger partial charge in [-0.05, 0) is 37.1 Å². The second-order valence-electron chi connectivity index (χ2n) is 8.89. The van der Waals surface area contributed by atoms with Crippen molar-refractivity contribution in [3.05, 3.63) is 48.0 Å². The molecule has 0 spiro atoms. The minimum absolute atomic E-state index is 0.0279. The van der Waals surface area contributed by atoms with Crippen LogP contribution in [0.25, 0.3) is 22.2 Å². The number of hydrogen-bond acceptors (Lipinski definition) is 6. The van der Waals surface area contributed by atoms with Gasteiger partial charge in [-0.15, -0.1) is 0 Å². The summed E-state index contributed by atoms with van der Waals surface area (Å²) >= 11 is 0. The van der Waals surface area contributed by atoms with Crippen LogP contribution in [0.3, 0.4) is 0 Å². The Morgan fingerprint density at radius 2 is 1.64 bits per heavy atom. The molecule has 0 saturated heterocycles. The molecule has 1 aliphatic carbocycles. The van der Waals surface area contributed by atoms with Crippen molar-refractivity contribution in [1.29, 1.82) is 0 Å². The SMILES string of the molecule is COc1cc(-c2cc(C(=O)NCCC(=O)NC3CCCCC3)c3ccccc3n2)cc(OC)c1OC. The predicted octanol–water partition coefficient (Wildman–Crippen LogP) is 4.50. The van der Waals surface area contributed by atoms with E-state index in [1.54, 1.807) is 39.5 Å². The first-order chi connectivity index (χ1) is 17.5. The van der Waals surface area contributed by atoms with E-state index in [1.165, 1.54) is 6.42 Å². The molecule has 1 aliphatic rings. The van der Waals surface area contributed by atoms with Crippen LogP contribution in [-0.2, 0) is 4.79 Å². The Kier molecular flexibility index (Phi) is 8.25. The zero-order valence-electron chi connectivity index (χ0n) is 21.1. The molecular weight excluding hydrogens is 458 g/mol. The summed E-state index contributed by atoms with van der Waals surface area (Å²) in [5, 5.41) is 6.73. The van der Waals surface area contributed by atoms with Gasteiger partial charge in [0, 0.05) is 30.0 Å². The lowest BCUT2D eigenvalue weighted by Crippen LogP contribution is -2.38. The molecule has 0 aliphatic heterocycles. The van der Waals surface area contributed by atoms with Gasteiger partial charge in [0.2, 0.25) is 11.7 Å². The van der Waals surface area contributed by atoms with Crippen LogP contribution in [0.2, 0.25) is 0 Å². The highest BCUT2D eigenvalue weighted by Crippen LogP contribution is 2.41. The first kappa shape index (κ1) is 25.3. The zero-order valence-corrected chi connectivity index (χ0v) is 21.1. The molecule has 2 N–H and O–H groups in total. The number of amides is 2. The molecule has 0 unspecified atom stereocenters. The van der Waals surface area contributed by atoms with Gasteiger partial charge in [0.05, 0.1) is 38.1 Å². The van der Waals surface area contributed by atoms with E-state index < -0.39 is 0 Å². The lowest BCUT2D eigenvalue weighted by Gasteiger charge is -2.22. The topological polar surface area (TPSA) is 98.8 Å². The molecule has 1 aromatic heterocycles. The predicted molar refractivity (Wildman–Crippen MR) is 139 cm³/mol. The van der Waals surface area contributed by atoms with Crippen LogP contribution in [0.15, 0.2) is 42.5 Å². The number of nitrogens with one attached hydrogen (secondary N) is 2. The summed E-state index contributed by atoms with van der Waals surface area (Å²) in [5.74, 6) is 1.19. The van der Waals surface area contributed by atoms with Crippen molar-refractivity contribution in [3.63, 3.8) is 0 Å². The first-order valence-electron chi connectivity index (χ1n) is 12.3. The fourth-order valence-corrected chi connectivity index (χ4v) is 4.67. The van der Waals surface area contributed by atoms with Crippen LogP contribution < -0.4 is 24.8 Å². The summed E-state index contributed by atoms with van der Waals surface area (Å²) in [6, 6.07) is 13.1. The van der Waals surface area contributed by atoms with E-state index in [0.717, 1.165) is 36.6 Å². The molecule has 190 valence electrons. The van der Waals surface area contributed by atoms with E-state index >= 15 is 0 Å². The minimum Gasteiger partial charge on any atom is -0.493 e. The number of methoxy groups -OCH3 is 3. The smallest absolute Gasteiger partial charge is 0.252 e. The van der Waals surface area contributed by atoms with Crippen molar-refractivity contribution in [2.24, 2.45) is 0 Å². The largest absolute Gasteiger partial charge is 0.493 e. The highest BCUT2D eigenvalue weighted by molar-refractivity contribution is 6.07. The van der Waals surface area contributed by atoms with Crippen molar-refractivity contribution in [3.8, 4) is 28.5 Å². The average Bonchev–Trinajstić information content (AvgIpc) is 2.91. The van der Waals surface area contributed by atoms with Gasteiger partial charge < -0.3 is 24.8 Å². The maximum absolute atomic E-state index is 13.2. The van der Waals surface area contributed by atoms with Crippen molar-refractivity contribution in [2.75, 3.05) is 27.9 Å². The Bertz CT molecular complexity index is 1210. The number of fused-ring (bicyclic) bond motifs is 1. The third-order valence-electron chi connectivity index (χ3n) is 6.53. The van der Waals surface area contributed by atoms with Gasteiger partial charge in [-0.3, -0.25) is 9.59 Å². The highest BCUT2D eigenvalue weighted by Gasteiger charge is 2.19. The summed E-state index contributed by atoms with van der Waals surface area (Å²) in [5.41, 5.74) is 2.48. The van der Waals surface area contributed by atoms with Crippen molar-refractivity contribution >= 4 is 22.7 Å². The molecule has 36 heavy (non-hydrogen) atoms. The third kappa shape index (κ3) is 5.70. The molecule has 2 aromatic carbocycles. The minimum atomic E-state index is -0.257. The standard InChI is InChI=1S/C28H33N3O5/c1-34-24-15-18(16-25(35-2)27(24)36-3)23-17-21(20-11-7-8-12-22(20)31-23)28(33)29-14-13-26(32)30-19-9-5-4-6-10-19/h7-8,11-12,15-17,19H,4-6,9-10,13-14H2,1-3H3,(H,29,33)(H,30,32). The third-order valence-corrected chi connectivity index (χ3v) is 6.53. The lowest BCUT2D eigenvalue weighted by atomic mass is 9.95. The monoisotopic (exact) mass is 491 g/mol. The highest BCUT2D eigenvalue weighted by atomic mass is 16.5. The number of nitrogens with zero attached hydrogens (tertiary/aromatic N) is 1. The Morgan fingerprint density at radius 1 is 0.944 bits per heavy atom. The molecule has 8 nitrogen and oxygen atoms in total. The Morgan fingerprint density at radius 3 is 2.31 bits per heavy atom. The Balaban J connectivity index is 1.56. The summed E-state index contributed by atoms with van der Waals surface area (Å²) in [6.07, 6.45) is 5.86. The quantitative estimate of drug-likeness (QED) is 0.457. The maximum atomic E-state index is 13.2. The van der Waals surface area contributed by atoms with Gasteiger partial charge >= 0.3 is 0 Å². The van der Waals surface area contributed by atoms with Gasteiger partial charge in [0.1, 0.15) is 0 Å². The lowest BCUT2D eigenvalue weighted by molar-refractivity contribution is -0.121. The number of benzene rings is 2. The van der Waals surface area contributed by atoms with Gasteiger partial charge in [-0.2, -0.15) is 0 Å². The Labute approximate surface area is 211 Å². The molecule has 8 heteroatoms. The first-order valence-corrected chi connectivity index (χ1v) is 12.3. The molecule has 3 aromatic rings. The molecular formula is C28H33N3O5. The molecule has 2 amide bonds. The summed E-state index contributed by atoms with van der Waals surface area (Å²) < 4.78 is 16.4. The van der Waals surface area contributed by atoms with Crippen molar-refractivity contribution in [2.45, 2.75) is 44.6 Å². The van der Waals surface area contributed by atoms with E-state index in [1.807, 2.05) is 24.3 Å². The second-order valence-corrected chi connectivity index (χ2v) is 8.89. The number of carbonyl (C=O) groups excluding carboxylic acids is 2. The van der Waals surface area contributed by atoms with E-state index in [9.17, 15) is 9.59 Å². The maximum Gasteiger partial charge on any atom is 0.252 e. The van der Waals surface area contributed by atoms with Crippen LogP contribution >= 0.6 is 0 Å². The fraction of sp³-hybridized carbons (Fsp3) is 0.393. The number of rotatable bonds is 9. The van der Waals surface area contributed by atoms with Gasteiger partial charge in [0.25, 0.3) is 5.91 Å². The number of carbonyl (C=O) groups is 2. The number of aromatic nitrogens is 1. The van der Waals surface area contributed by atoms with Crippen LogP contribution in [0.4, 0.5) is 0 Å². The fourth-order valence-electron chi connectivity index (χ4n) is 4.67. The number of hydrogen-bond donors (Lipinski definition) is 2. The zero-order chi connectivity index (χ0) is 25.5. The summed E-state index contributed by atoms with van der Waals surface area (Å²) in [7, 11) is 4.66. The van der Waals surface area contributed by atoms with E-state index in [0.29, 0.717) is 34.0 Å². The van der Waals surface area contributed by atoms with Gasteiger partial charge in [-0.1, -0.05) is 37.5 Å². The number of ether oxygens (including phenoxy) is 3.